The Morgan fingerprint density at radius 2 is 1.60 bits per heavy atom. The zero-order valence-electron chi connectivity index (χ0n) is 14.9. The molecule has 0 unspecified atom stereocenters. The number of hydrogen-bond acceptors (Lipinski definition) is 3. The van der Waals surface area contributed by atoms with Gasteiger partial charge in [0.2, 0.25) is 11.8 Å². The Labute approximate surface area is 147 Å². The van der Waals surface area contributed by atoms with E-state index in [-0.39, 0.29) is 24.1 Å². The van der Waals surface area contributed by atoms with Crippen molar-refractivity contribution >= 4 is 29.0 Å². The van der Waals surface area contributed by atoms with Crippen molar-refractivity contribution in [3.63, 3.8) is 0 Å². The second kappa shape index (κ2) is 7.75. The summed E-state index contributed by atoms with van der Waals surface area (Å²) in [6.45, 7) is 6.70. The number of nitrogens with one attached hydrogen (secondary N) is 1. The molecule has 0 fully saturated rings. The molecule has 0 bridgehead atoms. The SMILES string of the molecule is CC(=O)c1ccc(NC(=O)CN(C(C)=O)c2cc(C)ccc2C)cc1. The van der Waals surface area contributed by atoms with Crippen molar-refractivity contribution in [2.45, 2.75) is 27.7 Å². The largest absolute Gasteiger partial charge is 0.325 e. The molecule has 2 rings (SSSR count). The van der Waals surface area contributed by atoms with Crippen LogP contribution in [0.15, 0.2) is 42.5 Å². The number of aryl methyl sites for hydroxylation is 2. The number of anilines is 2. The summed E-state index contributed by atoms with van der Waals surface area (Å²) < 4.78 is 0. The molecule has 5 nitrogen and oxygen atoms in total. The van der Waals surface area contributed by atoms with E-state index in [4.69, 9.17) is 0 Å². The Hall–Kier alpha value is -2.95. The minimum Gasteiger partial charge on any atom is -0.325 e. The standard InChI is InChI=1S/C20H22N2O3/c1-13-5-6-14(2)19(11-13)22(16(4)24)12-20(25)21-18-9-7-17(8-10-18)15(3)23/h5-11H,12H2,1-4H3,(H,21,25). The molecule has 130 valence electrons. The number of ketones is 1. The summed E-state index contributed by atoms with van der Waals surface area (Å²) in [5.74, 6) is -0.530. The van der Waals surface area contributed by atoms with E-state index in [1.54, 1.807) is 24.3 Å². The van der Waals surface area contributed by atoms with Crippen LogP contribution in [0.4, 0.5) is 11.4 Å². The van der Waals surface area contributed by atoms with E-state index in [0.717, 1.165) is 16.8 Å². The van der Waals surface area contributed by atoms with E-state index in [1.807, 2.05) is 32.0 Å². The molecular weight excluding hydrogens is 316 g/mol. The minimum absolute atomic E-state index is 0.0319. The number of carbonyl (C=O) groups excluding carboxylic acids is 3. The van der Waals surface area contributed by atoms with Crippen LogP contribution in [0, 0.1) is 13.8 Å². The van der Waals surface area contributed by atoms with Crippen LogP contribution in [-0.2, 0) is 9.59 Å². The van der Waals surface area contributed by atoms with Gasteiger partial charge in [-0.05, 0) is 62.2 Å². The van der Waals surface area contributed by atoms with Gasteiger partial charge in [-0.1, -0.05) is 12.1 Å². The number of rotatable bonds is 5. The third-order valence-corrected chi connectivity index (χ3v) is 3.91. The van der Waals surface area contributed by atoms with Gasteiger partial charge in [0.05, 0.1) is 0 Å². The lowest BCUT2D eigenvalue weighted by molar-refractivity contribution is -0.120. The lowest BCUT2D eigenvalue weighted by Crippen LogP contribution is -2.37. The highest BCUT2D eigenvalue weighted by Gasteiger charge is 2.18. The van der Waals surface area contributed by atoms with Gasteiger partial charge in [0.15, 0.2) is 5.78 Å². The predicted molar refractivity (Wildman–Crippen MR) is 99.0 cm³/mol. The second-order valence-corrected chi connectivity index (χ2v) is 6.08. The van der Waals surface area contributed by atoms with Gasteiger partial charge in [-0.15, -0.1) is 0 Å². The van der Waals surface area contributed by atoms with Crippen molar-refractivity contribution in [3.05, 3.63) is 59.2 Å². The van der Waals surface area contributed by atoms with Crippen molar-refractivity contribution in [1.29, 1.82) is 0 Å². The Morgan fingerprint density at radius 3 is 2.16 bits per heavy atom. The first-order chi connectivity index (χ1) is 11.8. The molecule has 2 aromatic rings. The van der Waals surface area contributed by atoms with Gasteiger partial charge < -0.3 is 10.2 Å². The molecule has 5 heteroatoms. The quantitative estimate of drug-likeness (QED) is 0.849. The molecule has 0 saturated heterocycles. The smallest absolute Gasteiger partial charge is 0.244 e. The van der Waals surface area contributed by atoms with Crippen molar-refractivity contribution < 1.29 is 14.4 Å². The predicted octanol–water partition coefficient (Wildman–Crippen LogP) is 3.50. The highest BCUT2D eigenvalue weighted by molar-refractivity contribution is 6.02. The zero-order chi connectivity index (χ0) is 18.6. The van der Waals surface area contributed by atoms with Crippen LogP contribution in [0.3, 0.4) is 0 Å². The molecule has 25 heavy (non-hydrogen) atoms. The average molecular weight is 338 g/mol. The van der Waals surface area contributed by atoms with Gasteiger partial charge in [0, 0.05) is 23.9 Å². The van der Waals surface area contributed by atoms with Crippen LogP contribution < -0.4 is 10.2 Å². The molecule has 0 radical (unpaired) electrons. The number of nitrogens with zero attached hydrogens (tertiary/aromatic N) is 1. The molecule has 2 amide bonds. The van der Waals surface area contributed by atoms with Crippen LogP contribution in [0.1, 0.15) is 35.3 Å². The summed E-state index contributed by atoms with van der Waals surface area (Å²) >= 11 is 0. The number of carbonyl (C=O) groups is 3. The van der Waals surface area contributed by atoms with E-state index in [9.17, 15) is 14.4 Å². The molecule has 0 heterocycles. The third-order valence-electron chi connectivity index (χ3n) is 3.91. The monoisotopic (exact) mass is 338 g/mol. The number of hydrogen-bond donors (Lipinski definition) is 1. The van der Waals surface area contributed by atoms with Crippen molar-refractivity contribution in [1.82, 2.24) is 0 Å². The molecule has 0 aliphatic heterocycles. The topological polar surface area (TPSA) is 66.5 Å². The fourth-order valence-corrected chi connectivity index (χ4v) is 2.51. The van der Waals surface area contributed by atoms with Crippen molar-refractivity contribution in [2.24, 2.45) is 0 Å². The average Bonchev–Trinajstić information content (AvgIpc) is 2.55. The van der Waals surface area contributed by atoms with E-state index in [0.29, 0.717) is 11.3 Å². The number of benzene rings is 2. The van der Waals surface area contributed by atoms with Crippen LogP contribution in [0.2, 0.25) is 0 Å². The summed E-state index contributed by atoms with van der Waals surface area (Å²) in [6, 6.07) is 12.4. The summed E-state index contributed by atoms with van der Waals surface area (Å²) in [5.41, 5.74) is 3.85. The Kier molecular flexibility index (Phi) is 5.70. The molecule has 0 aliphatic carbocycles. The lowest BCUT2D eigenvalue weighted by Gasteiger charge is -2.23. The van der Waals surface area contributed by atoms with Crippen LogP contribution in [-0.4, -0.2) is 24.1 Å². The van der Waals surface area contributed by atoms with E-state index in [1.165, 1.54) is 18.7 Å². The maximum atomic E-state index is 12.3. The van der Waals surface area contributed by atoms with Crippen molar-refractivity contribution in [2.75, 3.05) is 16.8 Å². The van der Waals surface area contributed by atoms with Crippen LogP contribution in [0.5, 0.6) is 0 Å². The maximum absolute atomic E-state index is 12.3. The first-order valence-electron chi connectivity index (χ1n) is 8.04. The summed E-state index contributed by atoms with van der Waals surface area (Å²) in [6.07, 6.45) is 0. The number of amides is 2. The van der Waals surface area contributed by atoms with Crippen LogP contribution >= 0.6 is 0 Å². The molecule has 1 N–H and O–H groups in total. The highest BCUT2D eigenvalue weighted by Crippen LogP contribution is 2.22. The van der Waals surface area contributed by atoms with Gasteiger partial charge in [0.1, 0.15) is 6.54 Å². The first-order valence-corrected chi connectivity index (χ1v) is 8.04. The fourth-order valence-electron chi connectivity index (χ4n) is 2.51. The molecule has 0 saturated carbocycles. The zero-order valence-corrected chi connectivity index (χ0v) is 14.9. The van der Waals surface area contributed by atoms with E-state index in [2.05, 4.69) is 5.32 Å². The lowest BCUT2D eigenvalue weighted by atomic mass is 10.1. The van der Waals surface area contributed by atoms with E-state index >= 15 is 0 Å². The number of Topliss-reactive ketones (excluding diaryl/α,β-unsaturated/α-hetero) is 1. The molecule has 0 aliphatic rings. The van der Waals surface area contributed by atoms with Crippen LogP contribution in [0.25, 0.3) is 0 Å². The Bertz CT molecular complexity index is 810. The van der Waals surface area contributed by atoms with Gasteiger partial charge in [-0.25, -0.2) is 0 Å². The fraction of sp³-hybridized carbons (Fsp3) is 0.250. The molecule has 0 aromatic heterocycles. The van der Waals surface area contributed by atoms with E-state index < -0.39 is 0 Å². The van der Waals surface area contributed by atoms with Gasteiger partial charge in [-0.2, -0.15) is 0 Å². The van der Waals surface area contributed by atoms with Gasteiger partial charge in [-0.3, -0.25) is 14.4 Å². The minimum atomic E-state index is -0.299. The van der Waals surface area contributed by atoms with Gasteiger partial charge >= 0.3 is 0 Å². The normalized spacial score (nSPS) is 10.2. The van der Waals surface area contributed by atoms with Crippen molar-refractivity contribution in [3.8, 4) is 0 Å². The highest BCUT2D eigenvalue weighted by atomic mass is 16.2. The molecule has 0 spiro atoms. The summed E-state index contributed by atoms with van der Waals surface area (Å²) in [7, 11) is 0. The first kappa shape index (κ1) is 18.4. The molecular formula is C20H22N2O3. The molecule has 2 aromatic carbocycles. The Morgan fingerprint density at radius 1 is 0.960 bits per heavy atom. The Balaban J connectivity index is 2.14. The summed E-state index contributed by atoms with van der Waals surface area (Å²) in [5, 5.41) is 2.75. The molecule has 0 atom stereocenters. The maximum Gasteiger partial charge on any atom is 0.244 e. The third kappa shape index (κ3) is 4.76. The van der Waals surface area contributed by atoms with Gasteiger partial charge in [0.25, 0.3) is 0 Å². The second-order valence-electron chi connectivity index (χ2n) is 6.08. The summed E-state index contributed by atoms with van der Waals surface area (Å²) in [4.78, 5) is 37.1.